The molecule has 0 aromatic heterocycles. The Morgan fingerprint density at radius 3 is 2.14 bits per heavy atom. The normalized spacial score (nSPS) is 12.0. The predicted octanol–water partition coefficient (Wildman–Crippen LogP) is 3.07. The standard InChI is InChI=1S/C16H22O5/c1-6-11(2)21-15(17)8-7-12-9-13(18-3)16(20-5)14(10-12)19-4/h7-11H,6H2,1-5H3. The first-order chi connectivity index (χ1) is 10.0. The minimum atomic E-state index is -0.377. The van der Waals surface area contributed by atoms with Gasteiger partial charge in [-0.2, -0.15) is 0 Å². The largest absolute Gasteiger partial charge is 0.493 e. The summed E-state index contributed by atoms with van der Waals surface area (Å²) < 4.78 is 20.9. The molecule has 0 heterocycles. The lowest BCUT2D eigenvalue weighted by Crippen LogP contribution is -2.11. The Bertz CT molecular complexity index is 482. The van der Waals surface area contributed by atoms with Crippen molar-refractivity contribution in [1.82, 2.24) is 0 Å². The molecular weight excluding hydrogens is 272 g/mol. The summed E-state index contributed by atoms with van der Waals surface area (Å²) in [7, 11) is 4.63. The van der Waals surface area contributed by atoms with Gasteiger partial charge in [-0.1, -0.05) is 6.92 Å². The van der Waals surface area contributed by atoms with Gasteiger partial charge >= 0.3 is 5.97 Å². The van der Waals surface area contributed by atoms with Gasteiger partial charge < -0.3 is 18.9 Å². The number of ether oxygens (including phenoxy) is 4. The molecular formula is C16H22O5. The Hall–Kier alpha value is -2.17. The summed E-state index contributed by atoms with van der Waals surface area (Å²) in [5.41, 5.74) is 0.755. The maximum atomic E-state index is 11.6. The van der Waals surface area contributed by atoms with Gasteiger partial charge in [-0.25, -0.2) is 4.79 Å². The highest BCUT2D eigenvalue weighted by atomic mass is 16.5. The van der Waals surface area contributed by atoms with E-state index in [0.717, 1.165) is 12.0 Å². The van der Waals surface area contributed by atoms with Crippen molar-refractivity contribution in [2.24, 2.45) is 0 Å². The smallest absolute Gasteiger partial charge is 0.331 e. The van der Waals surface area contributed by atoms with Crippen LogP contribution in [0.25, 0.3) is 6.08 Å². The minimum absolute atomic E-state index is 0.0953. The summed E-state index contributed by atoms with van der Waals surface area (Å²) >= 11 is 0. The summed E-state index contributed by atoms with van der Waals surface area (Å²) in [6, 6.07) is 3.52. The molecule has 21 heavy (non-hydrogen) atoms. The lowest BCUT2D eigenvalue weighted by Gasteiger charge is -2.13. The average molecular weight is 294 g/mol. The van der Waals surface area contributed by atoms with E-state index in [4.69, 9.17) is 18.9 Å². The van der Waals surface area contributed by atoms with Crippen LogP contribution in [0.4, 0.5) is 0 Å². The van der Waals surface area contributed by atoms with Crippen molar-refractivity contribution in [2.75, 3.05) is 21.3 Å². The highest BCUT2D eigenvalue weighted by Crippen LogP contribution is 2.38. The summed E-state index contributed by atoms with van der Waals surface area (Å²) in [5, 5.41) is 0. The average Bonchev–Trinajstić information content (AvgIpc) is 2.51. The fourth-order valence-electron chi connectivity index (χ4n) is 1.68. The molecule has 5 nitrogen and oxygen atoms in total. The molecule has 0 radical (unpaired) electrons. The first kappa shape index (κ1) is 16.9. The van der Waals surface area contributed by atoms with Gasteiger partial charge in [0, 0.05) is 6.08 Å². The Kier molecular flexibility index (Phi) is 6.59. The number of hydrogen-bond donors (Lipinski definition) is 0. The summed E-state index contributed by atoms with van der Waals surface area (Å²) in [5.74, 6) is 1.20. The third-order valence-electron chi connectivity index (χ3n) is 2.99. The Morgan fingerprint density at radius 1 is 1.14 bits per heavy atom. The van der Waals surface area contributed by atoms with E-state index in [9.17, 15) is 4.79 Å². The maximum absolute atomic E-state index is 11.6. The second kappa shape index (κ2) is 8.19. The van der Waals surface area contributed by atoms with Gasteiger partial charge in [0.2, 0.25) is 5.75 Å². The molecule has 0 fully saturated rings. The van der Waals surface area contributed by atoms with E-state index in [1.807, 2.05) is 13.8 Å². The molecule has 1 aromatic carbocycles. The van der Waals surface area contributed by atoms with Gasteiger partial charge in [-0.15, -0.1) is 0 Å². The van der Waals surface area contributed by atoms with Crippen molar-refractivity contribution in [3.8, 4) is 17.2 Å². The number of rotatable bonds is 7. The third kappa shape index (κ3) is 4.70. The zero-order valence-electron chi connectivity index (χ0n) is 13.1. The summed E-state index contributed by atoms with van der Waals surface area (Å²) in [6.45, 7) is 3.81. The highest BCUT2D eigenvalue weighted by molar-refractivity contribution is 5.87. The van der Waals surface area contributed by atoms with Crippen LogP contribution in [0.1, 0.15) is 25.8 Å². The number of hydrogen-bond acceptors (Lipinski definition) is 5. The highest BCUT2D eigenvalue weighted by Gasteiger charge is 2.12. The molecule has 0 N–H and O–H groups in total. The van der Waals surface area contributed by atoms with E-state index < -0.39 is 0 Å². The maximum Gasteiger partial charge on any atom is 0.331 e. The van der Waals surface area contributed by atoms with E-state index in [2.05, 4.69) is 0 Å². The molecule has 0 bridgehead atoms. The summed E-state index contributed by atoms with van der Waals surface area (Å²) in [6.07, 6.45) is 3.72. The molecule has 0 saturated heterocycles. The number of benzene rings is 1. The van der Waals surface area contributed by atoms with Gasteiger partial charge in [-0.05, 0) is 37.1 Å². The second-order valence-electron chi connectivity index (χ2n) is 4.45. The molecule has 5 heteroatoms. The van der Waals surface area contributed by atoms with Crippen molar-refractivity contribution in [1.29, 1.82) is 0 Å². The van der Waals surface area contributed by atoms with Crippen molar-refractivity contribution >= 4 is 12.0 Å². The zero-order valence-corrected chi connectivity index (χ0v) is 13.1. The van der Waals surface area contributed by atoms with Crippen LogP contribution in [0.3, 0.4) is 0 Å². The van der Waals surface area contributed by atoms with Gasteiger partial charge in [0.05, 0.1) is 27.4 Å². The number of esters is 1. The van der Waals surface area contributed by atoms with E-state index in [0.29, 0.717) is 17.2 Å². The molecule has 116 valence electrons. The topological polar surface area (TPSA) is 54.0 Å². The van der Waals surface area contributed by atoms with Crippen LogP contribution in [-0.2, 0) is 9.53 Å². The van der Waals surface area contributed by atoms with Crippen LogP contribution in [0.5, 0.6) is 17.2 Å². The first-order valence-corrected chi connectivity index (χ1v) is 6.74. The van der Waals surface area contributed by atoms with E-state index in [-0.39, 0.29) is 12.1 Å². The van der Waals surface area contributed by atoms with Crippen LogP contribution in [0.15, 0.2) is 18.2 Å². The molecule has 0 aliphatic rings. The minimum Gasteiger partial charge on any atom is -0.493 e. The van der Waals surface area contributed by atoms with Crippen LogP contribution < -0.4 is 14.2 Å². The van der Waals surface area contributed by atoms with Crippen molar-refractivity contribution in [3.05, 3.63) is 23.8 Å². The summed E-state index contributed by atoms with van der Waals surface area (Å²) in [4.78, 5) is 11.6. The van der Waals surface area contributed by atoms with Crippen molar-refractivity contribution in [3.63, 3.8) is 0 Å². The molecule has 0 amide bonds. The predicted molar refractivity (Wildman–Crippen MR) is 81.0 cm³/mol. The molecule has 1 atom stereocenters. The fraction of sp³-hybridized carbons (Fsp3) is 0.438. The Labute approximate surface area is 125 Å². The lowest BCUT2D eigenvalue weighted by molar-refractivity contribution is -0.142. The quantitative estimate of drug-likeness (QED) is 0.571. The molecule has 1 rings (SSSR count). The van der Waals surface area contributed by atoms with E-state index in [1.165, 1.54) is 6.08 Å². The van der Waals surface area contributed by atoms with Crippen LogP contribution in [0, 0.1) is 0 Å². The zero-order chi connectivity index (χ0) is 15.8. The van der Waals surface area contributed by atoms with Crippen molar-refractivity contribution < 1.29 is 23.7 Å². The molecule has 0 aliphatic heterocycles. The van der Waals surface area contributed by atoms with Crippen LogP contribution in [0.2, 0.25) is 0 Å². The van der Waals surface area contributed by atoms with Crippen LogP contribution >= 0.6 is 0 Å². The second-order valence-corrected chi connectivity index (χ2v) is 4.45. The van der Waals surface area contributed by atoms with Gasteiger partial charge in [-0.3, -0.25) is 0 Å². The molecule has 0 saturated carbocycles. The number of methoxy groups -OCH3 is 3. The molecule has 0 aliphatic carbocycles. The lowest BCUT2D eigenvalue weighted by atomic mass is 10.1. The van der Waals surface area contributed by atoms with E-state index >= 15 is 0 Å². The SMILES string of the molecule is CCC(C)OC(=O)C=Cc1cc(OC)c(OC)c(OC)c1. The first-order valence-electron chi connectivity index (χ1n) is 6.74. The van der Waals surface area contributed by atoms with E-state index in [1.54, 1.807) is 39.5 Å². The van der Waals surface area contributed by atoms with Crippen molar-refractivity contribution in [2.45, 2.75) is 26.4 Å². The fourth-order valence-corrected chi connectivity index (χ4v) is 1.68. The number of carbonyl (C=O) groups excluding carboxylic acids is 1. The third-order valence-corrected chi connectivity index (χ3v) is 2.99. The monoisotopic (exact) mass is 294 g/mol. The Balaban J connectivity index is 2.96. The molecule has 1 unspecified atom stereocenters. The molecule has 1 aromatic rings. The number of carbonyl (C=O) groups is 1. The van der Waals surface area contributed by atoms with Gasteiger partial charge in [0.25, 0.3) is 0 Å². The van der Waals surface area contributed by atoms with Gasteiger partial charge in [0.1, 0.15) is 0 Å². The Morgan fingerprint density at radius 2 is 1.71 bits per heavy atom. The molecule has 0 spiro atoms. The van der Waals surface area contributed by atoms with Gasteiger partial charge in [0.15, 0.2) is 11.5 Å². The van der Waals surface area contributed by atoms with Crippen LogP contribution in [-0.4, -0.2) is 33.4 Å².